The Morgan fingerprint density at radius 1 is 1.19 bits per heavy atom. The van der Waals surface area contributed by atoms with Crippen LogP contribution in [0.3, 0.4) is 0 Å². The topological polar surface area (TPSA) is 71.5 Å². The van der Waals surface area contributed by atoms with Crippen LogP contribution in [0.4, 0.5) is 5.82 Å². The first-order valence-corrected chi connectivity index (χ1v) is 12.2. The van der Waals surface area contributed by atoms with Crippen LogP contribution in [0.25, 0.3) is 5.57 Å². The zero-order valence-corrected chi connectivity index (χ0v) is 19.2. The van der Waals surface area contributed by atoms with Crippen LogP contribution in [0.2, 0.25) is 0 Å². The molecule has 0 amide bonds. The Bertz CT molecular complexity index is 1150. The fourth-order valence-electron chi connectivity index (χ4n) is 4.12. The molecule has 2 aromatic rings. The fourth-order valence-corrected chi connectivity index (χ4v) is 5.04. The van der Waals surface area contributed by atoms with Crippen molar-refractivity contribution in [3.8, 4) is 0 Å². The van der Waals surface area contributed by atoms with Crippen molar-refractivity contribution in [2.45, 2.75) is 30.7 Å². The van der Waals surface area contributed by atoms with Crippen molar-refractivity contribution in [3.63, 3.8) is 0 Å². The lowest BCUT2D eigenvalue weighted by Gasteiger charge is -2.29. The molecule has 0 bridgehead atoms. The van der Waals surface area contributed by atoms with Crippen molar-refractivity contribution < 1.29 is 13.2 Å². The summed E-state index contributed by atoms with van der Waals surface area (Å²) >= 11 is 0. The van der Waals surface area contributed by atoms with Crippen LogP contribution < -0.4 is 5.32 Å². The van der Waals surface area contributed by atoms with Gasteiger partial charge in [-0.1, -0.05) is 31.2 Å². The molecule has 1 aromatic carbocycles. The number of aromatic nitrogens is 1. The second-order valence-corrected chi connectivity index (χ2v) is 10.6. The summed E-state index contributed by atoms with van der Waals surface area (Å²) in [4.78, 5) is 7.04. The first-order chi connectivity index (χ1) is 14.8. The van der Waals surface area contributed by atoms with Crippen molar-refractivity contribution in [1.82, 2.24) is 9.88 Å². The monoisotopic (exact) mass is 439 g/mol. The number of aryl methyl sites for hydroxylation is 1. The maximum atomic E-state index is 12.5. The van der Waals surface area contributed by atoms with Crippen LogP contribution in [-0.4, -0.2) is 57.3 Å². The molecule has 0 saturated heterocycles. The highest BCUT2D eigenvalue weighted by Crippen LogP contribution is 2.48. The minimum atomic E-state index is -3.28. The van der Waals surface area contributed by atoms with Crippen LogP contribution in [0.5, 0.6) is 0 Å². The zero-order chi connectivity index (χ0) is 22.2. The molecule has 1 N–H and O–H groups in total. The predicted molar refractivity (Wildman–Crippen MR) is 124 cm³/mol. The van der Waals surface area contributed by atoms with Crippen LogP contribution in [-0.2, 0) is 14.6 Å². The number of sulfone groups is 1. The molecule has 4 rings (SSSR count). The molecular formula is C24H29N3O3S. The van der Waals surface area contributed by atoms with Gasteiger partial charge in [0, 0.05) is 24.2 Å². The van der Waals surface area contributed by atoms with E-state index in [1.165, 1.54) is 0 Å². The number of anilines is 1. The summed E-state index contributed by atoms with van der Waals surface area (Å²) in [7, 11) is 0.762. The van der Waals surface area contributed by atoms with Crippen LogP contribution >= 0.6 is 0 Å². The summed E-state index contributed by atoms with van der Waals surface area (Å²) in [5.41, 5.74) is 4.18. The number of hydrogen-bond acceptors (Lipinski definition) is 6. The fraction of sp³-hybridized carbons (Fsp3) is 0.375. The first-order valence-electron chi connectivity index (χ1n) is 10.6. The number of benzene rings is 1. The van der Waals surface area contributed by atoms with Crippen molar-refractivity contribution in [2.75, 3.05) is 38.3 Å². The molecule has 2 unspecified atom stereocenters. The Morgan fingerprint density at radius 2 is 2.00 bits per heavy atom. The van der Waals surface area contributed by atoms with E-state index in [9.17, 15) is 8.42 Å². The van der Waals surface area contributed by atoms with Crippen molar-refractivity contribution >= 4 is 21.2 Å². The maximum absolute atomic E-state index is 12.5. The molecule has 1 aromatic heterocycles. The molecule has 1 aliphatic carbocycles. The molecular weight excluding hydrogens is 410 g/mol. The molecule has 2 heterocycles. The number of hydrogen-bond donors (Lipinski definition) is 1. The third kappa shape index (κ3) is 4.25. The van der Waals surface area contributed by atoms with Gasteiger partial charge in [-0.25, -0.2) is 13.4 Å². The van der Waals surface area contributed by atoms with Crippen LogP contribution in [0.15, 0.2) is 59.3 Å². The van der Waals surface area contributed by atoms with Gasteiger partial charge in [-0.15, -0.1) is 0 Å². The van der Waals surface area contributed by atoms with E-state index < -0.39 is 9.84 Å². The number of rotatable bonds is 7. The van der Waals surface area contributed by atoms with Crippen molar-refractivity contribution in [2.24, 2.45) is 0 Å². The third-order valence-corrected chi connectivity index (χ3v) is 7.53. The molecule has 0 radical (unpaired) electrons. The van der Waals surface area contributed by atoms with E-state index in [-0.39, 0.29) is 17.7 Å². The summed E-state index contributed by atoms with van der Waals surface area (Å²) in [6.07, 6.45) is 5.92. The predicted octanol–water partition coefficient (Wildman–Crippen LogP) is 3.62. The lowest BCUT2D eigenvalue weighted by atomic mass is 9.80. The van der Waals surface area contributed by atoms with Gasteiger partial charge in [0.15, 0.2) is 9.84 Å². The van der Waals surface area contributed by atoms with Crippen LogP contribution in [0, 0.1) is 6.92 Å². The number of ether oxygens (including phenoxy) is 1. The number of allylic oxidation sites excluding steroid dienone is 2. The minimum Gasteiger partial charge on any atom is -0.494 e. The lowest BCUT2D eigenvalue weighted by Crippen LogP contribution is -2.29. The van der Waals surface area contributed by atoms with Gasteiger partial charge in [0.1, 0.15) is 18.2 Å². The van der Waals surface area contributed by atoms with Gasteiger partial charge >= 0.3 is 0 Å². The Balaban J connectivity index is 1.77. The largest absolute Gasteiger partial charge is 0.494 e. The van der Waals surface area contributed by atoms with E-state index in [4.69, 9.17) is 4.74 Å². The Hall–Kier alpha value is -2.64. The number of pyridine rings is 1. The Morgan fingerprint density at radius 3 is 2.74 bits per heavy atom. The highest BCUT2D eigenvalue weighted by atomic mass is 32.2. The normalized spacial score (nSPS) is 19.9. The molecule has 2 atom stereocenters. The van der Waals surface area contributed by atoms with Gasteiger partial charge in [-0.05, 0) is 55.9 Å². The van der Waals surface area contributed by atoms with E-state index in [0.29, 0.717) is 11.5 Å². The molecule has 6 nitrogen and oxygen atoms in total. The van der Waals surface area contributed by atoms with Crippen LogP contribution in [0.1, 0.15) is 29.5 Å². The highest BCUT2D eigenvalue weighted by molar-refractivity contribution is 7.91. The lowest BCUT2D eigenvalue weighted by molar-refractivity contribution is 0.170. The highest BCUT2D eigenvalue weighted by Gasteiger charge is 2.41. The number of likely N-dealkylation sites (N-methyl/N-ethyl adjacent to an activating group) is 1. The van der Waals surface area contributed by atoms with Crippen molar-refractivity contribution in [3.05, 3.63) is 71.1 Å². The average Bonchev–Trinajstić information content (AvgIpc) is 3.13. The number of fused-ring (bicyclic) bond motifs is 3. The first kappa shape index (κ1) is 21.6. The van der Waals surface area contributed by atoms with Gasteiger partial charge in [-0.3, -0.25) is 0 Å². The number of nitrogens with zero attached hydrogens (tertiary/aromatic N) is 2. The third-order valence-electron chi connectivity index (χ3n) is 5.80. The van der Waals surface area contributed by atoms with E-state index in [1.54, 1.807) is 19.1 Å². The second kappa shape index (κ2) is 8.48. The second-order valence-electron chi connectivity index (χ2n) is 8.32. The van der Waals surface area contributed by atoms with E-state index in [2.05, 4.69) is 27.3 Å². The van der Waals surface area contributed by atoms with Gasteiger partial charge < -0.3 is 15.0 Å². The van der Waals surface area contributed by atoms with Gasteiger partial charge in [-0.2, -0.15) is 0 Å². The SMILES string of the molecule is CCS(=O)(=O)c1cccc(C2=CC=C(OCCN(C)C)C3Nc4ncc(C)cc4C23)c1. The number of nitrogens with one attached hydrogen (secondary N) is 1. The molecule has 7 heteroatoms. The van der Waals surface area contributed by atoms with Crippen molar-refractivity contribution in [1.29, 1.82) is 0 Å². The van der Waals surface area contributed by atoms with Gasteiger partial charge in [0.2, 0.25) is 0 Å². The quantitative estimate of drug-likeness (QED) is 0.711. The van der Waals surface area contributed by atoms with E-state index in [1.807, 2.05) is 45.4 Å². The molecule has 31 heavy (non-hydrogen) atoms. The Labute approximate surface area is 184 Å². The summed E-state index contributed by atoms with van der Waals surface area (Å²) < 4.78 is 31.0. The standard InChI is InChI=1S/C24H29N3O3S/c1-5-31(28,29)18-8-6-7-17(14-18)19-9-10-21(30-12-11-27(3)4)23-22(19)20-13-16(2)15-25-24(20)26-23/h6-10,13-15,22-23H,5,11-12H2,1-4H3,(H,25,26). The summed E-state index contributed by atoms with van der Waals surface area (Å²) in [6, 6.07) is 9.33. The molecule has 0 fully saturated rings. The molecule has 164 valence electrons. The molecule has 0 spiro atoms. The summed E-state index contributed by atoms with van der Waals surface area (Å²) in [6.45, 7) is 5.13. The van der Waals surface area contributed by atoms with E-state index in [0.717, 1.165) is 40.4 Å². The average molecular weight is 440 g/mol. The Kier molecular flexibility index (Phi) is 5.90. The van der Waals surface area contributed by atoms with Gasteiger partial charge in [0.05, 0.1) is 16.7 Å². The molecule has 0 saturated carbocycles. The summed E-state index contributed by atoms with van der Waals surface area (Å²) in [5, 5.41) is 3.53. The molecule has 1 aliphatic heterocycles. The minimum absolute atomic E-state index is 0.00124. The smallest absolute Gasteiger partial charge is 0.178 e. The summed E-state index contributed by atoms with van der Waals surface area (Å²) in [5.74, 6) is 1.82. The zero-order valence-electron chi connectivity index (χ0n) is 18.4. The van der Waals surface area contributed by atoms with Gasteiger partial charge in [0.25, 0.3) is 0 Å². The van der Waals surface area contributed by atoms with E-state index >= 15 is 0 Å². The maximum Gasteiger partial charge on any atom is 0.178 e. The molecule has 2 aliphatic rings.